The first-order valence-corrected chi connectivity index (χ1v) is 8.58. The summed E-state index contributed by atoms with van der Waals surface area (Å²) in [6, 6.07) is 15.3. The molecule has 0 radical (unpaired) electrons. The molecule has 6 heteroatoms. The van der Waals surface area contributed by atoms with Crippen LogP contribution in [0.3, 0.4) is 0 Å². The fraction of sp³-hybridized carbons (Fsp3) is 0.143. The van der Waals surface area contributed by atoms with Crippen molar-refractivity contribution in [2.45, 2.75) is 20.1 Å². The highest BCUT2D eigenvalue weighted by Gasteiger charge is 2.30. The topological polar surface area (TPSA) is 84.3 Å². The molecule has 0 atom stereocenters. The number of aromatic nitrogens is 2. The molecule has 0 unspecified atom stereocenters. The molecule has 2 N–H and O–H groups in total. The zero-order chi connectivity index (χ0) is 19.0. The molecular weight excluding hydrogens is 344 g/mol. The van der Waals surface area contributed by atoms with Gasteiger partial charge in [-0.15, -0.1) is 0 Å². The molecule has 0 saturated carbocycles. The lowest BCUT2D eigenvalue weighted by Crippen LogP contribution is -2.16. The monoisotopic (exact) mass is 362 g/mol. The van der Waals surface area contributed by atoms with Gasteiger partial charge in [0, 0.05) is 35.3 Å². The fourth-order valence-corrected chi connectivity index (χ4v) is 3.28. The summed E-state index contributed by atoms with van der Waals surface area (Å²) in [4.78, 5) is 26.8. The van der Waals surface area contributed by atoms with Crippen LogP contribution in [0.5, 0.6) is 0 Å². The van der Waals surface area contributed by atoms with Crippen LogP contribution >= 0.6 is 0 Å². The number of rotatable bonds is 4. The maximum Gasteiger partial charge on any atom is 0.349 e. The van der Waals surface area contributed by atoms with Crippen LogP contribution in [0.2, 0.25) is 0 Å². The number of esters is 1. The average molecular weight is 362 g/mol. The van der Waals surface area contributed by atoms with E-state index in [1.165, 1.54) is 0 Å². The van der Waals surface area contributed by atoms with Gasteiger partial charge in [0.15, 0.2) is 0 Å². The number of nitrogens with one attached hydrogen (secondary N) is 1. The van der Waals surface area contributed by atoms with E-state index >= 15 is 0 Å². The summed E-state index contributed by atoms with van der Waals surface area (Å²) in [7, 11) is 0. The van der Waals surface area contributed by atoms with Gasteiger partial charge in [0.1, 0.15) is 11.3 Å². The SMILES string of the molecule is Cc1cc2c(c(=O)[nH]1)C(=O)O/C2=C\c1ccc(CO)n1Cc1ccccc1. The quantitative estimate of drug-likeness (QED) is 0.699. The number of carbonyl (C=O) groups excluding carboxylic acids is 1. The van der Waals surface area contributed by atoms with E-state index in [4.69, 9.17) is 4.74 Å². The molecule has 6 nitrogen and oxygen atoms in total. The van der Waals surface area contributed by atoms with E-state index in [1.807, 2.05) is 47.0 Å². The van der Waals surface area contributed by atoms with Gasteiger partial charge in [0.2, 0.25) is 0 Å². The lowest BCUT2D eigenvalue weighted by atomic mass is 10.1. The molecule has 136 valence electrons. The normalized spacial score (nSPS) is 14.4. The van der Waals surface area contributed by atoms with Gasteiger partial charge in [-0.05, 0) is 30.7 Å². The molecule has 0 aliphatic carbocycles. The molecule has 0 bridgehead atoms. The highest BCUT2D eigenvalue weighted by atomic mass is 16.5. The Kier molecular flexibility index (Phi) is 4.25. The number of benzene rings is 1. The Labute approximate surface area is 155 Å². The smallest absolute Gasteiger partial charge is 0.349 e. The van der Waals surface area contributed by atoms with Crippen molar-refractivity contribution >= 4 is 17.8 Å². The van der Waals surface area contributed by atoms with Crippen LogP contribution in [0.1, 0.15) is 38.6 Å². The number of carbonyl (C=O) groups is 1. The van der Waals surface area contributed by atoms with Crippen LogP contribution in [-0.4, -0.2) is 20.6 Å². The number of cyclic esters (lactones) is 1. The van der Waals surface area contributed by atoms with Gasteiger partial charge in [0.25, 0.3) is 5.56 Å². The minimum atomic E-state index is -0.652. The van der Waals surface area contributed by atoms with E-state index in [9.17, 15) is 14.7 Å². The van der Waals surface area contributed by atoms with Crippen molar-refractivity contribution in [2.24, 2.45) is 0 Å². The second-order valence-electron chi connectivity index (χ2n) is 6.45. The predicted molar refractivity (Wildman–Crippen MR) is 101 cm³/mol. The molecule has 2 aromatic heterocycles. The van der Waals surface area contributed by atoms with Gasteiger partial charge in [-0.25, -0.2) is 4.79 Å². The number of aromatic amines is 1. The third-order valence-electron chi connectivity index (χ3n) is 4.57. The lowest BCUT2D eigenvalue weighted by Gasteiger charge is -2.11. The van der Waals surface area contributed by atoms with Crippen molar-refractivity contribution in [3.63, 3.8) is 0 Å². The minimum Gasteiger partial charge on any atom is -0.422 e. The van der Waals surface area contributed by atoms with Crippen molar-refractivity contribution in [2.75, 3.05) is 0 Å². The van der Waals surface area contributed by atoms with Crippen molar-refractivity contribution in [1.29, 1.82) is 0 Å². The first kappa shape index (κ1) is 17.1. The van der Waals surface area contributed by atoms with Crippen LogP contribution in [0.15, 0.2) is 53.3 Å². The summed E-state index contributed by atoms with van der Waals surface area (Å²) in [5.74, 6) is -0.317. The number of pyridine rings is 1. The first-order valence-electron chi connectivity index (χ1n) is 8.58. The Hall–Kier alpha value is -3.38. The number of ether oxygens (including phenoxy) is 1. The molecule has 0 spiro atoms. The third kappa shape index (κ3) is 3.11. The molecule has 0 amide bonds. The van der Waals surface area contributed by atoms with Crippen LogP contribution in [-0.2, 0) is 17.9 Å². The second kappa shape index (κ2) is 6.74. The van der Waals surface area contributed by atoms with E-state index < -0.39 is 11.5 Å². The maximum absolute atomic E-state index is 12.1. The van der Waals surface area contributed by atoms with Gasteiger partial charge in [0.05, 0.1) is 6.61 Å². The Bertz CT molecular complexity index is 1110. The van der Waals surface area contributed by atoms with E-state index in [2.05, 4.69) is 4.98 Å². The van der Waals surface area contributed by atoms with E-state index in [1.54, 1.807) is 19.1 Å². The van der Waals surface area contributed by atoms with Crippen LogP contribution < -0.4 is 5.56 Å². The predicted octanol–water partition coefficient (Wildman–Crippen LogP) is 2.69. The van der Waals surface area contributed by atoms with Gasteiger partial charge in [-0.2, -0.15) is 0 Å². The van der Waals surface area contributed by atoms with Crippen LogP contribution in [0.25, 0.3) is 11.8 Å². The highest BCUT2D eigenvalue weighted by molar-refractivity contribution is 6.05. The van der Waals surface area contributed by atoms with Crippen LogP contribution in [0, 0.1) is 6.92 Å². The Morgan fingerprint density at radius 3 is 2.67 bits per heavy atom. The standard InChI is InChI=1S/C21H18N2O4/c1-13-9-17-18(27-21(26)19(17)20(25)22-13)10-15-7-8-16(12-24)23(15)11-14-5-3-2-4-6-14/h2-10,24H,11-12H2,1H3,(H,22,25)/b18-10-. The summed E-state index contributed by atoms with van der Waals surface area (Å²) in [6.45, 7) is 2.22. The number of aryl methyl sites for hydroxylation is 1. The van der Waals surface area contributed by atoms with Crippen molar-refractivity contribution < 1.29 is 14.6 Å². The minimum absolute atomic E-state index is 0.0235. The summed E-state index contributed by atoms with van der Waals surface area (Å²) in [5, 5.41) is 9.67. The number of hydrogen-bond acceptors (Lipinski definition) is 4. The van der Waals surface area contributed by atoms with Gasteiger partial charge >= 0.3 is 5.97 Å². The molecule has 4 rings (SSSR count). The fourth-order valence-electron chi connectivity index (χ4n) is 3.28. The molecular formula is C21H18N2O4. The molecule has 3 aromatic rings. The number of fused-ring (bicyclic) bond motifs is 1. The van der Waals surface area contributed by atoms with Crippen LogP contribution in [0.4, 0.5) is 0 Å². The Morgan fingerprint density at radius 1 is 1.15 bits per heavy atom. The second-order valence-corrected chi connectivity index (χ2v) is 6.45. The van der Waals surface area contributed by atoms with E-state index in [-0.39, 0.29) is 12.2 Å². The molecule has 27 heavy (non-hydrogen) atoms. The summed E-state index contributed by atoms with van der Waals surface area (Å²) in [6.07, 6.45) is 1.73. The average Bonchev–Trinajstić information content (AvgIpc) is 3.17. The number of nitrogens with zero attached hydrogens (tertiary/aromatic N) is 1. The molecule has 1 aliphatic heterocycles. The summed E-state index contributed by atoms with van der Waals surface area (Å²) in [5.41, 5.74) is 3.32. The first-order chi connectivity index (χ1) is 13.1. The van der Waals surface area contributed by atoms with E-state index in [0.29, 0.717) is 23.6 Å². The highest BCUT2D eigenvalue weighted by Crippen LogP contribution is 2.30. The Balaban J connectivity index is 1.79. The number of H-pyrrole nitrogens is 1. The zero-order valence-corrected chi connectivity index (χ0v) is 14.7. The third-order valence-corrected chi connectivity index (χ3v) is 4.57. The number of aliphatic hydroxyl groups is 1. The van der Waals surface area contributed by atoms with Gasteiger partial charge in [-0.3, -0.25) is 4.79 Å². The largest absolute Gasteiger partial charge is 0.422 e. The molecule has 1 aliphatic rings. The van der Waals surface area contributed by atoms with Gasteiger partial charge in [-0.1, -0.05) is 30.3 Å². The lowest BCUT2D eigenvalue weighted by molar-refractivity contribution is 0.0715. The molecule has 0 saturated heterocycles. The molecule has 3 heterocycles. The van der Waals surface area contributed by atoms with E-state index in [0.717, 1.165) is 17.0 Å². The number of hydrogen-bond donors (Lipinski definition) is 2. The molecule has 0 fully saturated rings. The summed E-state index contributed by atoms with van der Waals surface area (Å²) >= 11 is 0. The van der Waals surface area contributed by atoms with Crippen molar-refractivity contribution in [1.82, 2.24) is 9.55 Å². The summed E-state index contributed by atoms with van der Waals surface area (Å²) < 4.78 is 7.30. The zero-order valence-electron chi connectivity index (χ0n) is 14.7. The molecule has 1 aromatic carbocycles. The van der Waals surface area contributed by atoms with Gasteiger partial charge < -0.3 is 19.4 Å². The maximum atomic E-state index is 12.1. The number of aliphatic hydroxyl groups excluding tert-OH is 1. The van der Waals surface area contributed by atoms with Crippen molar-refractivity contribution in [3.8, 4) is 0 Å². The Morgan fingerprint density at radius 2 is 1.93 bits per heavy atom. The van der Waals surface area contributed by atoms with Crippen molar-refractivity contribution in [3.05, 3.63) is 92.7 Å².